The number of hydrazone groups is 1. The standard InChI is InChI=1S/C18H15N5O3S/c1-11(24)12-5-6-14(16(19)8-12)9-20-22-18-21-17(10-27-18)13-3-2-4-15(7-13)23(25)26/h2-10H,19H2,1H3,(H,21,22)/b20-9-. The molecule has 136 valence electrons. The molecule has 3 aromatic rings. The van der Waals surface area contributed by atoms with Crippen molar-refractivity contribution in [3.8, 4) is 11.3 Å². The molecule has 0 saturated carbocycles. The number of nitrogens with zero attached hydrogens (tertiary/aromatic N) is 3. The van der Waals surface area contributed by atoms with Gasteiger partial charge in [0.2, 0.25) is 5.13 Å². The summed E-state index contributed by atoms with van der Waals surface area (Å²) >= 11 is 1.32. The summed E-state index contributed by atoms with van der Waals surface area (Å²) in [7, 11) is 0. The van der Waals surface area contributed by atoms with Gasteiger partial charge in [0.25, 0.3) is 5.69 Å². The van der Waals surface area contributed by atoms with Crippen molar-refractivity contribution < 1.29 is 9.72 Å². The lowest BCUT2D eigenvalue weighted by Crippen LogP contribution is -1.99. The fraction of sp³-hybridized carbons (Fsp3) is 0.0556. The molecular weight excluding hydrogens is 366 g/mol. The maximum absolute atomic E-state index is 11.3. The predicted molar refractivity (Wildman–Crippen MR) is 106 cm³/mol. The van der Waals surface area contributed by atoms with Crippen molar-refractivity contribution in [2.24, 2.45) is 5.10 Å². The average Bonchev–Trinajstić information content (AvgIpc) is 3.12. The van der Waals surface area contributed by atoms with Gasteiger partial charge in [-0.2, -0.15) is 5.10 Å². The molecule has 8 nitrogen and oxygen atoms in total. The van der Waals surface area contributed by atoms with Gasteiger partial charge in [-0.3, -0.25) is 20.3 Å². The molecule has 0 amide bonds. The third kappa shape index (κ3) is 4.33. The van der Waals surface area contributed by atoms with Gasteiger partial charge in [0.05, 0.1) is 16.8 Å². The molecule has 0 radical (unpaired) electrons. The van der Waals surface area contributed by atoms with E-state index < -0.39 is 4.92 Å². The van der Waals surface area contributed by atoms with Crippen molar-refractivity contribution in [2.45, 2.75) is 6.92 Å². The first-order valence-electron chi connectivity index (χ1n) is 7.84. The molecule has 9 heteroatoms. The maximum Gasteiger partial charge on any atom is 0.270 e. The first kappa shape index (κ1) is 18.2. The molecule has 0 aliphatic carbocycles. The number of nitro groups is 1. The number of Topliss-reactive ketones (excluding diaryl/α,β-unsaturated/α-hetero) is 1. The summed E-state index contributed by atoms with van der Waals surface area (Å²) in [4.78, 5) is 26.1. The smallest absolute Gasteiger partial charge is 0.270 e. The number of aromatic nitrogens is 1. The minimum atomic E-state index is -0.443. The van der Waals surface area contributed by atoms with Crippen LogP contribution >= 0.6 is 11.3 Å². The van der Waals surface area contributed by atoms with Crippen LogP contribution in [0.3, 0.4) is 0 Å². The van der Waals surface area contributed by atoms with Crippen LogP contribution in [0.2, 0.25) is 0 Å². The molecule has 3 rings (SSSR count). The maximum atomic E-state index is 11.3. The van der Waals surface area contributed by atoms with E-state index in [-0.39, 0.29) is 11.5 Å². The zero-order valence-electron chi connectivity index (χ0n) is 14.2. The van der Waals surface area contributed by atoms with E-state index in [9.17, 15) is 14.9 Å². The Kier molecular flexibility index (Phi) is 5.23. The molecule has 1 aromatic heterocycles. The van der Waals surface area contributed by atoms with Gasteiger partial charge in [0, 0.05) is 39.9 Å². The van der Waals surface area contributed by atoms with Gasteiger partial charge in [-0.15, -0.1) is 11.3 Å². The van der Waals surface area contributed by atoms with Crippen LogP contribution in [0.4, 0.5) is 16.5 Å². The van der Waals surface area contributed by atoms with Crippen LogP contribution in [0.1, 0.15) is 22.8 Å². The predicted octanol–water partition coefficient (Wildman–Crippen LogP) is 3.95. The molecule has 0 atom stereocenters. The summed E-state index contributed by atoms with van der Waals surface area (Å²) in [6.45, 7) is 1.48. The molecule has 0 bridgehead atoms. The highest BCUT2D eigenvalue weighted by atomic mass is 32.1. The Labute approximate surface area is 158 Å². The summed E-state index contributed by atoms with van der Waals surface area (Å²) in [5, 5.41) is 17.3. The number of nitrogen functional groups attached to an aromatic ring is 1. The summed E-state index contributed by atoms with van der Waals surface area (Å²) < 4.78 is 0. The van der Waals surface area contributed by atoms with E-state index in [2.05, 4.69) is 15.5 Å². The van der Waals surface area contributed by atoms with Crippen LogP contribution in [0.15, 0.2) is 52.9 Å². The van der Waals surface area contributed by atoms with Gasteiger partial charge in [0.1, 0.15) is 0 Å². The Balaban J connectivity index is 1.71. The number of carbonyl (C=O) groups excluding carboxylic acids is 1. The monoisotopic (exact) mass is 381 g/mol. The lowest BCUT2D eigenvalue weighted by atomic mass is 10.1. The van der Waals surface area contributed by atoms with E-state index in [1.54, 1.807) is 35.7 Å². The van der Waals surface area contributed by atoms with E-state index in [0.717, 1.165) is 0 Å². The van der Waals surface area contributed by atoms with Crippen molar-refractivity contribution in [1.82, 2.24) is 4.98 Å². The Bertz CT molecular complexity index is 1040. The molecule has 0 fully saturated rings. The highest BCUT2D eigenvalue weighted by molar-refractivity contribution is 7.14. The first-order chi connectivity index (χ1) is 12.9. The molecule has 0 aliphatic rings. The average molecular weight is 381 g/mol. The molecular formula is C18H15N5O3S. The van der Waals surface area contributed by atoms with Crippen molar-refractivity contribution in [2.75, 3.05) is 11.2 Å². The summed E-state index contributed by atoms with van der Waals surface area (Å²) in [6, 6.07) is 11.3. The van der Waals surface area contributed by atoms with Crippen LogP contribution in [-0.4, -0.2) is 21.9 Å². The van der Waals surface area contributed by atoms with E-state index in [4.69, 9.17) is 5.73 Å². The van der Waals surface area contributed by atoms with Crippen molar-refractivity contribution >= 4 is 39.8 Å². The third-order valence-corrected chi connectivity index (χ3v) is 4.46. The van der Waals surface area contributed by atoms with Crippen molar-refractivity contribution in [1.29, 1.82) is 0 Å². The Morgan fingerprint density at radius 2 is 2.15 bits per heavy atom. The summed E-state index contributed by atoms with van der Waals surface area (Å²) in [5.74, 6) is -0.0558. The number of carbonyl (C=O) groups is 1. The van der Waals surface area contributed by atoms with E-state index >= 15 is 0 Å². The molecule has 0 saturated heterocycles. The number of nitrogens with two attached hydrogens (primary N) is 1. The Hall–Kier alpha value is -3.59. The van der Waals surface area contributed by atoms with E-state index in [1.165, 1.54) is 36.6 Å². The van der Waals surface area contributed by atoms with Crippen LogP contribution in [0.5, 0.6) is 0 Å². The Morgan fingerprint density at radius 1 is 1.33 bits per heavy atom. The highest BCUT2D eigenvalue weighted by Crippen LogP contribution is 2.27. The number of rotatable bonds is 6. The SMILES string of the molecule is CC(=O)c1ccc(/C=N\Nc2nc(-c3cccc([N+](=O)[O-])c3)cs2)c(N)c1. The molecule has 0 spiro atoms. The molecule has 2 aromatic carbocycles. The fourth-order valence-electron chi connectivity index (χ4n) is 2.30. The van der Waals surface area contributed by atoms with Crippen molar-refractivity contribution in [3.63, 3.8) is 0 Å². The number of nitro benzene ring substituents is 1. The number of benzene rings is 2. The minimum absolute atomic E-state index is 0.0116. The normalized spacial score (nSPS) is 10.9. The molecule has 3 N–H and O–H groups in total. The molecule has 27 heavy (non-hydrogen) atoms. The number of non-ortho nitro benzene ring substituents is 1. The topological polar surface area (TPSA) is 124 Å². The lowest BCUT2D eigenvalue weighted by Gasteiger charge is -2.02. The van der Waals surface area contributed by atoms with Gasteiger partial charge in [-0.1, -0.05) is 24.3 Å². The number of anilines is 2. The largest absolute Gasteiger partial charge is 0.398 e. The van der Waals surface area contributed by atoms with Crippen LogP contribution < -0.4 is 11.2 Å². The van der Waals surface area contributed by atoms with Crippen LogP contribution in [-0.2, 0) is 0 Å². The quantitative estimate of drug-likeness (QED) is 0.219. The van der Waals surface area contributed by atoms with Gasteiger partial charge >= 0.3 is 0 Å². The summed E-state index contributed by atoms with van der Waals surface area (Å²) in [6.07, 6.45) is 1.54. The lowest BCUT2D eigenvalue weighted by molar-refractivity contribution is -0.384. The summed E-state index contributed by atoms with van der Waals surface area (Å²) in [5.41, 5.74) is 11.7. The number of hydrogen-bond donors (Lipinski definition) is 2. The third-order valence-electron chi connectivity index (χ3n) is 3.71. The van der Waals surface area contributed by atoms with Crippen LogP contribution in [0.25, 0.3) is 11.3 Å². The molecule has 1 heterocycles. The first-order valence-corrected chi connectivity index (χ1v) is 8.72. The zero-order valence-corrected chi connectivity index (χ0v) is 15.1. The second kappa shape index (κ2) is 7.75. The fourth-order valence-corrected chi connectivity index (χ4v) is 2.97. The second-order valence-corrected chi connectivity index (χ2v) is 6.47. The minimum Gasteiger partial charge on any atom is -0.398 e. The number of nitrogens with one attached hydrogen (secondary N) is 1. The second-order valence-electron chi connectivity index (χ2n) is 5.62. The molecule has 0 aliphatic heterocycles. The molecule has 0 unspecified atom stereocenters. The van der Waals surface area contributed by atoms with Crippen LogP contribution in [0, 0.1) is 10.1 Å². The Morgan fingerprint density at radius 3 is 2.85 bits per heavy atom. The van der Waals surface area contributed by atoms with Gasteiger partial charge in [0.15, 0.2) is 5.78 Å². The van der Waals surface area contributed by atoms with Gasteiger partial charge in [-0.25, -0.2) is 4.98 Å². The van der Waals surface area contributed by atoms with Crippen molar-refractivity contribution in [3.05, 3.63) is 69.1 Å². The van der Waals surface area contributed by atoms with Gasteiger partial charge in [-0.05, 0) is 13.0 Å². The number of ketones is 1. The van der Waals surface area contributed by atoms with E-state index in [1.807, 2.05) is 0 Å². The van der Waals surface area contributed by atoms with E-state index in [0.29, 0.717) is 33.2 Å². The number of thiazole rings is 1. The highest BCUT2D eigenvalue weighted by Gasteiger charge is 2.10. The van der Waals surface area contributed by atoms with Gasteiger partial charge < -0.3 is 5.73 Å². The zero-order chi connectivity index (χ0) is 19.4. The number of hydrogen-bond acceptors (Lipinski definition) is 8.